The second kappa shape index (κ2) is 10.4. The highest BCUT2D eigenvalue weighted by molar-refractivity contribution is 6.08. The van der Waals surface area contributed by atoms with Crippen molar-refractivity contribution >= 4 is 17.3 Å². The Morgan fingerprint density at radius 2 is 1.69 bits per heavy atom. The molecule has 0 unspecified atom stereocenters. The summed E-state index contributed by atoms with van der Waals surface area (Å²) in [6.07, 6.45) is 1.80. The number of benzene rings is 3. The third-order valence-corrected chi connectivity index (χ3v) is 6.06. The molecule has 35 heavy (non-hydrogen) atoms. The maximum absolute atomic E-state index is 13.4. The van der Waals surface area contributed by atoms with E-state index in [1.54, 1.807) is 18.0 Å². The molecule has 2 heterocycles. The minimum atomic E-state index is -0.218. The second-order valence-electron chi connectivity index (χ2n) is 8.38. The number of carbonyl (C=O) groups is 1. The average Bonchev–Trinajstić information content (AvgIpc) is 3.34. The minimum absolute atomic E-state index is 0.218. The second-order valence-corrected chi connectivity index (χ2v) is 8.38. The van der Waals surface area contributed by atoms with Crippen molar-refractivity contribution in [1.29, 1.82) is 0 Å². The highest BCUT2D eigenvalue weighted by atomic mass is 16.5. The quantitative estimate of drug-likeness (QED) is 0.426. The molecule has 7 heteroatoms. The zero-order valence-electron chi connectivity index (χ0n) is 19.7. The van der Waals surface area contributed by atoms with Crippen molar-refractivity contribution in [1.82, 2.24) is 9.78 Å². The standard InChI is InChI=1S/C28H28N4O3/c1-34-26-10-6-5-9-24(26)27-25(20-32(30-27)19-21-7-3-2-4-8-21)28(33)29-22-11-13-23(14-12-22)31-15-17-35-18-16-31/h2-14,20H,15-19H2,1H3,(H,29,33). The predicted octanol–water partition coefficient (Wildman–Crippen LogP) is 4.70. The van der Waals surface area contributed by atoms with Crippen LogP contribution in [-0.4, -0.2) is 49.1 Å². The molecular weight excluding hydrogens is 440 g/mol. The fourth-order valence-electron chi connectivity index (χ4n) is 4.25. The number of anilines is 2. The number of methoxy groups -OCH3 is 1. The van der Waals surface area contributed by atoms with Crippen LogP contribution in [0, 0.1) is 0 Å². The fourth-order valence-corrected chi connectivity index (χ4v) is 4.25. The minimum Gasteiger partial charge on any atom is -0.496 e. The van der Waals surface area contributed by atoms with Gasteiger partial charge >= 0.3 is 0 Å². The third kappa shape index (κ3) is 5.20. The molecule has 3 aromatic carbocycles. The van der Waals surface area contributed by atoms with E-state index in [0.29, 0.717) is 23.6 Å². The Morgan fingerprint density at radius 1 is 0.971 bits per heavy atom. The topological polar surface area (TPSA) is 68.6 Å². The van der Waals surface area contributed by atoms with Crippen LogP contribution in [-0.2, 0) is 11.3 Å². The first-order valence-corrected chi connectivity index (χ1v) is 11.7. The first-order chi connectivity index (χ1) is 17.2. The van der Waals surface area contributed by atoms with Gasteiger partial charge in [-0.15, -0.1) is 0 Å². The molecule has 1 aromatic heterocycles. The smallest absolute Gasteiger partial charge is 0.259 e. The molecule has 0 atom stereocenters. The van der Waals surface area contributed by atoms with Crippen molar-refractivity contribution in [3.05, 3.63) is 96.2 Å². The maximum atomic E-state index is 13.4. The van der Waals surface area contributed by atoms with Gasteiger partial charge in [-0.2, -0.15) is 5.10 Å². The summed E-state index contributed by atoms with van der Waals surface area (Å²) in [5.74, 6) is 0.450. The first kappa shape index (κ1) is 22.7. The lowest BCUT2D eigenvalue weighted by molar-refractivity contribution is 0.102. The van der Waals surface area contributed by atoms with Gasteiger partial charge < -0.3 is 19.7 Å². The molecule has 0 bridgehead atoms. The zero-order chi connectivity index (χ0) is 24.0. The van der Waals surface area contributed by atoms with Gasteiger partial charge in [0.1, 0.15) is 11.4 Å². The summed E-state index contributed by atoms with van der Waals surface area (Å²) in [7, 11) is 1.62. The molecule has 0 radical (unpaired) electrons. The van der Waals surface area contributed by atoms with Crippen molar-refractivity contribution in [2.24, 2.45) is 0 Å². The Labute approximate surface area is 204 Å². The first-order valence-electron chi connectivity index (χ1n) is 11.7. The number of aromatic nitrogens is 2. The molecule has 1 aliphatic rings. The van der Waals surface area contributed by atoms with Crippen LogP contribution in [0.3, 0.4) is 0 Å². The Balaban J connectivity index is 1.42. The number of ether oxygens (including phenoxy) is 2. The number of rotatable bonds is 7. The molecule has 1 saturated heterocycles. The van der Waals surface area contributed by atoms with Gasteiger partial charge in [-0.05, 0) is 42.0 Å². The van der Waals surface area contributed by atoms with Crippen molar-refractivity contribution in [2.45, 2.75) is 6.54 Å². The number of hydrogen-bond acceptors (Lipinski definition) is 5. The third-order valence-electron chi connectivity index (χ3n) is 6.06. The van der Waals surface area contributed by atoms with Gasteiger partial charge in [-0.1, -0.05) is 42.5 Å². The van der Waals surface area contributed by atoms with Gasteiger partial charge in [-0.3, -0.25) is 9.48 Å². The van der Waals surface area contributed by atoms with Gasteiger partial charge in [0.05, 0.1) is 32.4 Å². The van der Waals surface area contributed by atoms with Crippen LogP contribution in [0.2, 0.25) is 0 Å². The Hall–Kier alpha value is -4.10. The van der Waals surface area contributed by atoms with E-state index in [-0.39, 0.29) is 5.91 Å². The van der Waals surface area contributed by atoms with Crippen LogP contribution >= 0.6 is 0 Å². The summed E-state index contributed by atoms with van der Waals surface area (Å²) >= 11 is 0. The van der Waals surface area contributed by atoms with E-state index >= 15 is 0 Å². The van der Waals surface area contributed by atoms with Gasteiger partial charge in [0.15, 0.2) is 0 Å². The lowest BCUT2D eigenvalue weighted by atomic mass is 10.1. The van der Waals surface area contributed by atoms with Crippen LogP contribution < -0.4 is 15.0 Å². The summed E-state index contributed by atoms with van der Waals surface area (Å²) in [5, 5.41) is 7.82. The van der Waals surface area contributed by atoms with Crippen LogP contribution in [0.15, 0.2) is 85.1 Å². The van der Waals surface area contributed by atoms with E-state index in [2.05, 4.69) is 10.2 Å². The molecular formula is C28H28N4O3. The van der Waals surface area contributed by atoms with E-state index in [0.717, 1.165) is 48.8 Å². The van der Waals surface area contributed by atoms with Crippen LogP contribution in [0.1, 0.15) is 15.9 Å². The number of morpholine rings is 1. The van der Waals surface area contributed by atoms with Crippen LogP contribution in [0.4, 0.5) is 11.4 Å². The Morgan fingerprint density at radius 3 is 2.43 bits per heavy atom. The number of hydrogen-bond donors (Lipinski definition) is 1. The number of amides is 1. The number of para-hydroxylation sites is 1. The van der Waals surface area contributed by atoms with Gasteiger partial charge in [-0.25, -0.2) is 0 Å². The van der Waals surface area contributed by atoms with Crippen molar-refractivity contribution in [3.8, 4) is 17.0 Å². The van der Waals surface area contributed by atoms with Crippen molar-refractivity contribution in [3.63, 3.8) is 0 Å². The molecule has 0 aliphatic carbocycles. The van der Waals surface area contributed by atoms with E-state index in [1.807, 2.05) is 78.9 Å². The van der Waals surface area contributed by atoms with Crippen molar-refractivity contribution in [2.75, 3.05) is 43.6 Å². The summed E-state index contributed by atoms with van der Waals surface area (Å²) < 4.78 is 12.8. The molecule has 4 aromatic rings. The summed E-state index contributed by atoms with van der Waals surface area (Å²) in [6.45, 7) is 3.77. The molecule has 0 spiro atoms. The SMILES string of the molecule is COc1ccccc1-c1nn(Cc2ccccc2)cc1C(=O)Nc1ccc(N2CCOCC2)cc1. The molecule has 1 aliphatic heterocycles. The van der Waals surface area contributed by atoms with E-state index in [4.69, 9.17) is 14.6 Å². The van der Waals surface area contributed by atoms with E-state index in [1.165, 1.54) is 0 Å². The van der Waals surface area contributed by atoms with E-state index < -0.39 is 0 Å². The highest BCUT2D eigenvalue weighted by Crippen LogP contribution is 2.32. The Bertz CT molecular complexity index is 1280. The fraction of sp³-hybridized carbons (Fsp3) is 0.214. The number of carbonyl (C=O) groups excluding carboxylic acids is 1. The average molecular weight is 469 g/mol. The molecule has 1 N–H and O–H groups in total. The normalized spacial score (nSPS) is 13.5. The lowest BCUT2D eigenvalue weighted by Crippen LogP contribution is -2.36. The molecule has 7 nitrogen and oxygen atoms in total. The van der Waals surface area contributed by atoms with Crippen LogP contribution in [0.5, 0.6) is 5.75 Å². The van der Waals surface area contributed by atoms with E-state index in [9.17, 15) is 4.79 Å². The van der Waals surface area contributed by atoms with Gasteiger partial charge in [0, 0.05) is 36.2 Å². The predicted molar refractivity (Wildman–Crippen MR) is 137 cm³/mol. The zero-order valence-corrected chi connectivity index (χ0v) is 19.7. The summed E-state index contributed by atoms with van der Waals surface area (Å²) in [4.78, 5) is 15.7. The number of nitrogens with zero attached hydrogens (tertiary/aromatic N) is 3. The monoisotopic (exact) mass is 468 g/mol. The molecule has 0 saturated carbocycles. The van der Waals surface area contributed by atoms with Crippen LogP contribution in [0.25, 0.3) is 11.3 Å². The highest BCUT2D eigenvalue weighted by Gasteiger charge is 2.21. The van der Waals surface area contributed by atoms with Crippen molar-refractivity contribution < 1.29 is 14.3 Å². The maximum Gasteiger partial charge on any atom is 0.259 e. The summed E-state index contributed by atoms with van der Waals surface area (Å²) in [6, 6.07) is 25.6. The molecule has 5 rings (SSSR count). The molecule has 1 amide bonds. The lowest BCUT2D eigenvalue weighted by Gasteiger charge is -2.28. The largest absolute Gasteiger partial charge is 0.496 e. The number of nitrogens with one attached hydrogen (secondary N) is 1. The Kier molecular flexibility index (Phi) is 6.77. The molecule has 178 valence electrons. The van der Waals surface area contributed by atoms with Gasteiger partial charge in [0.2, 0.25) is 0 Å². The van der Waals surface area contributed by atoms with Gasteiger partial charge in [0.25, 0.3) is 5.91 Å². The molecule has 1 fully saturated rings. The summed E-state index contributed by atoms with van der Waals surface area (Å²) in [5.41, 5.74) is 4.80.